The van der Waals surface area contributed by atoms with Gasteiger partial charge in [0.05, 0.1) is 13.2 Å². The van der Waals surface area contributed by atoms with Gasteiger partial charge >= 0.3 is 0 Å². The zero-order chi connectivity index (χ0) is 15.3. The molecule has 0 saturated carbocycles. The average molecular weight is 295 g/mol. The van der Waals surface area contributed by atoms with Crippen molar-refractivity contribution in [2.24, 2.45) is 0 Å². The number of aliphatic hydroxyl groups is 1. The first-order valence-corrected chi connectivity index (χ1v) is 9.81. The van der Waals surface area contributed by atoms with Crippen LogP contribution in [-0.2, 0) is 17.6 Å². The number of rotatable bonds is 7. The van der Waals surface area contributed by atoms with Crippen LogP contribution < -0.4 is 0 Å². The fourth-order valence-corrected chi connectivity index (χ4v) is 8.96. The van der Waals surface area contributed by atoms with Gasteiger partial charge in [0, 0.05) is 0 Å². The smallest absolute Gasteiger partial charge is 0.200 e. The monoisotopic (exact) mass is 294 g/mol. The molecule has 0 aliphatic rings. The summed E-state index contributed by atoms with van der Waals surface area (Å²) in [5, 5.41) is 9.43. The zero-order valence-corrected chi connectivity index (χ0v) is 14.8. The van der Waals surface area contributed by atoms with Crippen LogP contribution in [-0.4, -0.2) is 13.4 Å². The van der Waals surface area contributed by atoms with E-state index in [0.29, 0.717) is 23.2 Å². The first-order chi connectivity index (χ1) is 9.36. The predicted octanol–water partition coefficient (Wildman–Crippen LogP) is 4.87. The van der Waals surface area contributed by atoms with Crippen molar-refractivity contribution in [1.82, 2.24) is 0 Å². The van der Waals surface area contributed by atoms with Gasteiger partial charge in [-0.15, -0.1) is 0 Å². The highest BCUT2D eigenvalue weighted by atomic mass is 28.4. The zero-order valence-electron chi connectivity index (χ0n) is 13.8. The molecule has 0 spiro atoms. The minimum absolute atomic E-state index is 0.0825. The van der Waals surface area contributed by atoms with E-state index in [9.17, 15) is 5.11 Å². The summed E-state index contributed by atoms with van der Waals surface area (Å²) in [4.78, 5) is 0. The molecule has 20 heavy (non-hydrogen) atoms. The Labute approximate surface area is 125 Å². The molecule has 1 aromatic carbocycles. The van der Waals surface area contributed by atoms with Gasteiger partial charge in [0.2, 0.25) is 8.32 Å². The maximum atomic E-state index is 9.43. The molecule has 0 aliphatic heterocycles. The Hall–Kier alpha value is -0.643. The normalized spacial score (nSPS) is 12.7. The minimum Gasteiger partial charge on any atom is -0.412 e. The summed E-state index contributed by atoms with van der Waals surface area (Å²) in [6.07, 6.45) is 0. The molecule has 0 aliphatic carbocycles. The van der Waals surface area contributed by atoms with Crippen LogP contribution in [0.1, 0.15) is 52.7 Å². The van der Waals surface area contributed by atoms with Crippen molar-refractivity contribution in [2.45, 2.75) is 71.4 Å². The van der Waals surface area contributed by atoms with Gasteiger partial charge in [0.15, 0.2) is 0 Å². The van der Waals surface area contributed by atoms with Crippen molar-refractivity contribution in [1.29, 1.82) is 0 Å². The molecule has 1 N–H and O–H groups in total. The van der Waals surface area contributed by atoms with Crippen LogP contribution in [0.4, 0.5) is 0 Å². The van der Waals surface area contributed by atoms with Crippen molar-refractivity contribution in [2.75, 3.05) is 0 Å². The van der Waals surface area contributed by atoms with Gasteiger partial charge in [-0.05, 0) is 27.8 Å². The van der Waals surface area contributed by atoms with Crippen LogP contribution in [0.3, 0.4) is 0 Å². The van der Waals surface area contributed by atoms with Crippen molar-refractivity contribution >= 4 is 8.32 Å². The summed E-state index contributed by atoms with van der Waals surface area (Å²) in [6.45, 7) is 14.5. The van der Waals surface area contributed by atoms with Gasteiger partial charge in [-0.3, -0.25) is 0 Å². The van der Waals surface area contributed by atoms with Crippen LogP contribution in [0.15, 0.2) is 24.3 Å². The van der Waals surface area contributed by atoms with E-state index in [2.05, 4.69) is 47.6 Å². The van der Waals surface area contributed by atoms with Crippen LogP contribution in [0.2, 0.25) is 16.6 Å². The van der Waals surface area contributed by atoms with Crippen LogP contribution >= 0.6 is 0 Å². The third kappa shape index (κ3) is 3.51. The molecular formula is C17H30O2Si. The Balaban J connectivity index is 2.97. The fraction of sp³-hybridized carbons (Fsp3) is 0.647. The molecule has 0 atom stereocenters. The summed E-state index contributed by atoms with van der Waals surface area (Å²) < 4.78 is 6.57. The third-order valence-corrected chi connectivity index (χ3v) is 10.5. The molecule has 1 aromatic rings. The van der Waals surface area contributed by atoms with E-state index < -0.39 is 8.32 Å². The molecular weight excluding hydrogens is 264 g/mol. The van der Waals surface area contributed by atoms with Crippen molar-refractivity contribution < 1.29 is 9.53 Å². The van der Waals surface area contributed by atoms with Crippen molar-refractivity contribution in [3.05, 3.63) is 35.4 Å². The Bertz CT molecular complexity index is 391. The Morgan fingerprint density at radius 3 is 1.75 bits per heavy atom. The Morgan fingerprint density at radius 1 is 0.900 bits per heavy atom. The lowest BCUT2D eigenvalue weighted by atomic mass is 10.1. The lowest BCUT2D eigenvalue weighted by Crippen LogP contribution is -2.47. The summed E-state index contributed by atoms with van der Waals surface area (Å²) in [5.74, 6) is 0. The Morgan fingerprint density at radius 2 is 1.35 bits per heavy atom. The van der Waals surface area contributed by atoms with Crippen molar-refractivity contribution in [3.63, 3.8) is 0 Å². The van der Waals surface area contributed by atoms with Gasteiger partial charge in [-0.1, -0.05) is 65.8 Å². The van der Waals surface area contributed by atoms with Gasteiger partial charge in [-0.2, -0.15) is 0 Å². The minimum atomic E-state index is -1.83. The quantitative estimate of drug-likeness (QED) is 0.727. The van der Waals surface area contributed by atoms with Gasteiger partial charge in [-0.25, -0.2) is 0 Å². The molecule has 0 saturated heterocycles. The van der Waals surface area contributed by atoms with E-state index >= 15 is 0 Å². The second kappa shape index (κ2) is 7.39. The van der Waals surface area contributed by atoms with Crippen molar-refractivity contribution in [3.8, 4) is 0 Å². The first kappa shape index (κ1) is 17.4. The number of aliphatic hydroxyl groups excluding tert-OH is 1. The number of hydrogen-bond acceptors (Lipinski definition) is 2. The number of benzene rings is 1. The molecule has 2 nitrogen and oxygen atoms in total. The maximum absolute atomic E-state index is 9.43. The predicted molar refractivity (Wildman–Crippen MR) is 88.2 cm³/mol. The number of hydrogen-bond donors (Lipinski definition) is 1. The summed E-state index contributed by atoms with van der Waals surface area (Å²) in [7, 11) is -1.83. The molecule has 0 bridgehead atoms. The van der Waals surface area contributed by atoms with E-state index in [-0.39, 0.29) is 6.61 Å². The molecule has 0 fully saturated rings. The second-order valence-electron chi connectivity index (χ2n) is 6.53. The van der Waals surface area contributed by atoms with Crippen LogP contribution in [0, 0.1) is 0 Å². The average Bonchev–Trinajstić information content (AvgIpc) is 2.38. The summed E-state index contributed by atoms with van der Waals surface area (Å²) in [6, 6.07) is 8.02. The standard InChI is InChI=1S/C17H30O2Si/c1-13(2)20(14(3)4,15(5)6)19-12-17-10-8-7-9-16(17)11-18/h7-10,13-15,18H,11-12H2,1-6H3. The molecule has 0 heterocycles. The van der Waals surface area contributed by atoms with Crippen LogP contribution in [0.25, 0.3) is 0 Å². The van der Waals surface area contributed by atoms with E-state index in [4.69, 9.17) is 4.43 Å². The fourth-order valence-electron chi connectivity index (χ4n) is 3.56. The topological polar surface area (TPSA) is 29.5 Å². The molecule has 3 heteroatoms. The molecule has 0 radical (unpaired) electrons. The third-order valence-electron chi connectivity index (χ3n) is 4.47. The van der Waals surface area contributed by atoms with E-state index in [0.717, 1.165) is 11.1 Å². The van der Waals surface area contributed by atoms with Gasteiger partial charge in [0.1, 0.15) is 0 Å². The highest BCUT2D eigenvalue weighted by Gasteiger charge is 2.44. The molecule has 1 rings (SSSR count). The molecule has 0 amide bonds. The van der Waals surface area contributed by atoms with E-state index in [1.807, 2.05) is 18.2 Å². The van der Waals surface area contributed by atoms with Gasteiger partial charge < -0.3 is 9.53 Å². The highest BCUT2D eigenvalue weighted by molar-refractivity contribution is 6.77. The van der Waals surface area contributed by atoms with E-state index in [1.54, 1.807) is 0 Å². The lowest BCUT2D eigenvalue weighted by Gasteiger charge is -2.42. The highest BCUT2D eigenvalue weighted by Crippen LogP contribution is 2.42. The van der Waals surface area contributed by atoms with Gasteiger partial charge in [0.25, 0.3) is 0 Å². The molecule has 114 valence electrons. The summed E-state index contributed by atoms with van der Waals surface area (Å²) >= 11 is 0. The Kier molecular flexibility index (Phi) is 6.43. The molecule has 0 unspecified atom stereocenters. The molecule has 0 aromatic heterocycles. The van der Waals surface area contributed by atoms with E-state index in [1.165, 1.54) is 0 Å². The largest absolute Gasteiger partial charge is 0.412 e. The first-order valence-electron chi connectivity index (χ1n) is 7.67. The second-order valence-corrected chi connectivity index (χ2v) is 12.0. The van der Waals surface area contributed by atoms with Crippen LogP contribution in [0.5, 0.6) is 0 Å². The SMILES string of the molecule is CC(C)[Si](OCc1ccccc1CO)(C(C)C)C(C)C. The summed E-state index contributed by atoms with van der Waals surface area (Å²) in [5.41, 5.74) is 3.86. The maximum Gasteiger partial charge on any atom is 0.200 e. The lowest BCUT2D eigenvalue weighted by molar-refractivity contribution is 0.252.